The highest BCUT2D eigenvalue weighted by Gasteiger charge is 2.17. The molecule has 1 aliphatic heterocycles. The third-order valence-corrected chi connectivity index (χ3v) is 4.27. The lowest BCUT2D eigenvalue weighted by Crippen LogP contribution is -2.36. The molecule has 0 saturated carbocycles. The van der Waals surface area contributed by atoms with Crippen molar-refractivity contribution >= 4 is 27.4 Å². The number of aromatic nitrogens is 2. The van der Waals surface area contributed by atoms with Gasteiger partial charge in [-0.3, -0.25) is 9.89 Å². The minimum Gasteiger partial charge on any atom is -0.370 e. The van der Waals surface area contributed by atoms with Crippen LogP contribution in [0, 0.1) is 0 Å². The van der Waals surface area contributed by atoms with Crippen LogP contribution in [0.15, 0.2) is 40.9 Å². The molecule has 0 bridgehead atoms. The second-order valence-electron chi connectivity index (χ2n) is 5.39. The Labute approximate surface area is 137 Å². The van der Waals surface area contributed by atoms with Gasteiger partial charge in [0, 0.05) is 29.0 Å². The monoisotopic (exact) mass is 360 g/mol. The van der Waals surface area contributed by atoms with Crippen LogP contribution in [0.2, 0.25) is 0 Å². The lowest BCUT2D eigenvalue weighted by atomic mass is 10.00. The molecule has 2 aromatic rings. The fourth-order valence-electron chi connectivity index (χ4n) is 2.55. The van der Waals surface area contributed by atoms with Crippen LogP contribution in [0.5, 0.6) is 0 Å². The third kappa shape index (κ3) is 3.45. The number of carbonyl (C=O) groups is 1. The predicted molar refractivity (Wildman–Crippen MR) is 89.9 cm³/mol. The van der Waals surface area contributed by atoms with Crippen LogP contribution in [0.3, 0.4) is 0 Å². The van der Waals surface area contributed by atoms with Crippen molar-refractivity contribution in [3.05, 3.63) is 46.6 Å². The van der Waals surface area contributed by atoms with Crippen LogP contribution < -0.4 is 11.1 Å². The molecule has 3 rings (SSSR count). The number of carbonyl (C=O) groups excluding carboxylic acids is 1. The smallest absolute Gasteiger partial charge is 0.218 e. The number of nitrogens with zero attached hydrogens (tertiary/aromatic N) is 1. The molecule has 114 valence electrons. The Hall–Kier alpha value is -1.92. The van der Waals surface area contributed by atoms with Crippen molar-refractivity contribution in [2.75, 3.05) is 6.54 Å². The summed E-state index contributed by atoms with van der Waals surface area (Å²) in [5.41, 5.74) is 9.38. The number of hydrogen-bond donors (Lipinski definition) is 3. The Balaban J connectivity index is 1.73. The summed E-state index contributed by atoms with van der Waals surface area (Å²) in [5.74, 6) is -0.270. The molecule has 0 radical (unpaired) electrons. The first-order chi connectivity index (χ1) is 10.6. The number of benzene rings is 1. The normalized spacial score (nSPS) is 18.0. The van der Waals surface area contributed by atoms with E-state index in [0.29, 0.717) is 13.0 Å². The summed E-state index contributed by atoms with van der Waals surface area (Å²) in [5, 5.41) is 10.8. The van der Waals surface area contributed by atoms with E-state index in [-0.39, 0.29) is 11.9 Å². The predicted octanol–water partition coefficient (Wildman–Crippen LogP) is 2.46. The van der Waals surface area contributed by atoms with E-state index >= 15 is 0 Å². The quantitative estimate of drug-likeness (QED) is 0.782. The van der Waals surface area contributed by atoms with Gasteiger partial charge in [-0.1, -0.05) is 34.1 Å². The van der Waals surface area contributed by atoms with Crippen molar-refractivity contribution < 1.29 is 4.79 Å². The molecular weight excluding hydrogens is 344 g/mol. The molecule has 5 nitrogen and oxygen atoms in total. The molecule has 1 unspecified atom stereocenters. The molecule has 1 atom stereocenters. The molecular formula is C16H17BrN4O. The van der Waals surface area contributed by atoms with Gasteiger partial charge in [0.25, 0.3) is 0 Å². The van der Waals surface area contributed by atoms with E-state index < -0.39 is 0 Å². The van der Waals surface area contributed by atoms with Crippen molar-refractivity contribution in [1.82, 2.24) is 15.5 Å². The molecule has 4 N–H and O–H groups in total. The first-order valence-electron chi connectivity index (χ1n) is 7.14. The molecule has 1 aromatic heterocycles. The number of aromatic amines is 1. The van der Waals surface area contributed by atoms with E-state index in [0.717, 1.165) is 33.4 Å². The van der Waals surface area contributed by atoms with Crippen molar-refractivity contribution in [3.8, 4) is 11.3 Å². The largest absolute Gasteiger partial charge is 0.370 e. The zero-order chi connectivity index (χ0) is 15.5. The van der Waals surface area contributed by atoms with Gasteiger partial charge in [0.15, 0.2) is 0 Å². The van der Waals surface area contributed by atoms with Crippen LogP contribution in [-0.4, -0.2) is 28.7 Å². The zero-order valence-corrected chi connectivity index (χ0v) is 13.6. The Morgan fingerprint density at radius 1 is 1.36 bits per heavy atom. The second-order valence-corrected chi connectivity index (χ2v) is 6.30. The molecule has 0 saturated heterocycles. The van der Waals surface area contributed by atoms with Crippen LogP contribution in [0.25, 0.3) is 16.8 Å². The standard InChI is InChI=1S/C16H17BrN4O/c17-12-4-1-10(2-5-12)14-8-15(21-20-14)11-3-6-13(19-9-11)7-16(18)22/h1-5,8,13,19H,6-7,9H2,(H2,18,22)(H,20,21). The number of H-pyrrole nitrogens is 1. The lowest BCUT2D eigenvalue weighted by molar-refractivity contribution is -0.118. The summed E-state index contributed by atoms with van der Waals surface area (Å²) < 4.78 is 1.05. The Morgan fingerprint density at radius 2 is 2.14 bits per heavy atom. The summed E-state index contributed by atoms with van der Waals surface area (Å²) in [6.45, 7) is 0.708. The first-order valence-corrected chi connectivity index (χ1v) is 7.93. The maximum absolute atomic E-state index is 10.9. The van der Waals surface area contributed by atoms with Gasteiger partial charge < -0.3 is 11.1 Å². The van der Waals surface area contributed by atoms with Gasteiger partial charge in [0.05, 0.1) is 11.4 Å². The number of primary amides is 1. The van der Waals surface area contributed by atoms with Gasteiger partial charge in [-0.25, -0.2) is 0 Å². The molecule has 1 amide bonds. The van der Waals surface area contributed by atoms with E-state index in [1.165, 1.54) is 0 Å². The Morgan fingerprint density at radius 3 is 2.77 bits per heavy atom. The van der Waals surface area contributed by atoms with Crippen LogP contribution >= 0.6 is 15.9 Å². The van der Waals surface area contributed by atoms with Gasteiger partial charge in [-0.2, -0.15) is 5.10 Å². The fraction of sp³-hybridized carbons (Fsp3) is 0.250. The molecule has 22 heavy (non-hydrogen) atoms. The molecule has 1 aromatic carbocycles. The average molecular weight is 361 g/mol. The van der Waals surface area contributed by atoms with E-state index in [2.05, 4.69) is 37.5 Å². The first kappa shape index (κ1) is 15.0. The zero-order valence-electron chi connectivity index (χ0n) is 12.0. The molecule has 6 heteroatoms. The van der Waals surface area contributed by atoms with E-state index in [1.54, 1.807) is 0 Å². The maximum Gasteiger partial charge on any atom is 0.218 e. The Kier molecular flexibility index (Phi) is 4.40. The lowest BCUT2D eigenvalue weighted by Gasteiger charge is -2.21. The number of halogens is 1. The van der Waals surface area contributed by atoms with Gasteiger partial charge in [-0.05, 0) is 30.2 Å². The Bertz CT molecular complexity index is 705. The van der Waals surface area contributed by atoms with Crippen molar-refractivity contribution in [1.29, 1.82) is 0 Å². The minimum atomic E-state index is -0.270. The van der Waals surface area contributed by atoms with Crippen molar-refractivity contribution in [2.45, 2.75) is 18.9 Å². The molecule has 0 aliphatic carbocycles. The topological polar surface area (TPSA) is 83.8 Å². The van der Waals surface area contributed by atoms with Crippen molar-refractivity contribution in [2.24, 2.45) is 5.73 Å². The molecule has 0 spiro atoms. The summed E-state index contributed by atoms with van der Waals surface area (Å²) >= 11 is 3.43. The van der Waals surface area contributed by atoms with E-state index in [9.17, 15) is 4.79 Å². The highest BCUT2D eigenvalue weighted by Crippen LogP contribution is 2.24. The summed E-state index contributed by atoms with van der Waals surface area (Å²) in [6, 6.07) is 10.2. The number of nitrogens with two attached hydrogens (primary N) is 1. The number of amides is 1. The summed E-state index contributed by atoms with van der Waals surface area (Å²) in [4.78, 5) is 10.9. The minimum absolute atomic E-state index is 0.134. The average Bonchev–Trinajstić information content (AvgIpc) is 2.98. The number of nitrogens with one attached hydrogen (secondary N) is 2. The van der Waals surface area contributed by atoms with Crippen LogP contribution in [-0.2, 0) is 4.79 Å². The van der Waals surface area contributed by atoms with E-state index in [4.69, 9.17) is 5.73 Å². The van der Waals surface area contributed by atoms with E-state index in [1.807, 2.05) is 30.3 Å². The summed E-state index contributed by atoms with van der Waals surface area (Å²) in [6.07, 6.45) is 3.31. The fourth-order valence-corrected chi connectivity index (χ4v) is 2.82. The SMILES string of the molecule is NC(=O)CC1CC=C(c2cc(-c3ccc(Br)cc3)n[nH]2)CN1. The van der Waals surface area contributed by atoms with Gasteiger partial charge in [0.1, 0.15) is 0 Å². The number of rotatable bonds is 4. The highest BCUT2D eigenvalue weighted by molar-refractivity contribution is 9.10. The molecule has 1 aliphatic rings. The van der Waals surface area contributed by atoms with Crippen molar-refractivity contribution in [3.63, 3.8) is 0 Å². The van der Waals surface area contributed by atoms with Gasteiger partial charge >= 0.3 is 0 Å². The van der Waals surface area contributed by atoms with Crippen LogP contribution in [0.1, 0.15) is 18.5 Å². The van der Waals surface area contributed by atoms with Gasteiger partial charge in [-0.15, -0.1) is 0 Å². The van der Waals surface area contributed by atoms with Gasteiger partial charge in [0.2, 0.25) is 5.91 Å². The maximum atomic E-state index is 10.9. The van der Waals surface area contributed by atoms with Crippen LogP contribution in [0.4, 0.5) is 0 Å². The highest BCUT2D eigenvalue weighted by atomic mass is 79.9. The molecule has 0 fully saturated rings. The third-order valence-electron chi connectivity index (χ3n) is 3.74. The summed E-state index contributed by atoms with van der Waals surface area (Å²) in [7, 11) is 0. The molecule has 2 heterocycles. The number of hydrogen-bond acceptors (Lipinski definition) is 3. The second kappa shape index (κ2) is 6.46.